The van der Waals surface area contributed by atoms with E-state index in [9.17, 15) is 0 Å². The van der Waals surface area contributed by atoms with Crippen molar-refractivity contribution < 1.29 is 35.0 Å². The normalized spacial score (nSPS) is 18.3. The van der Waals surface area contributed by atoms with Gasteiger partial charge >= 0.3 is 27.1 Å². The summed E-state index contributed by atoms with van der Waals surface area (Å²) in [5.74, 6) is 0.722. The second-order valence-corrected chi connectivity index (χ2v) is 10.5. The molecule has 3 aliphatic heterocycles. The topological polar surface area (TPSA) is 63.3 Å². The molecule has 9 rings (SSSR count). The summed E-state index contributed by atoms with van der Waals surface area (Å²) in [5.41, 5.74) is 8.22. The molecule has 0 saturated heterocycles. The van der Waals surface area contributed by atoms with Crippen LogP contribution in [0.5, 0.6) is 0 Å². The van der Waals surface area contributed by atoms with Crippen molar-refractivity contribution >= 4 is 56.3 Å². The van der Waals surface area contributed by atoms with E-state index < -0.39 is 6.29 Å². The van der Waals surface area contributed by atoms with Crippen molar-refractivity contribution in [2.75, 3.05) is 16.8 Å². The Morgan fingerprint density at radius 2 is 1.70 bits per heavy atom. The molecule has 0 bridgehead atoms. The minimum atomic E-state index is -0.554. The van der Waals surface area contributed by atoms with E-state index in [1.54, 1.807) is 6.26 Å². The van der Waals surface area contributed by atoms with Gasteiger partial charge in [-0.25, -0.2) is 14.9 Å². The van der Waals surface area contributed by atoms with E-state index in [1.807, 2.05) is 71.6 Å². The molecule has 0 spiro atoms. The zero-order valence-corrected chi connectivity index (χ0v) is 25.1. The summed E-state index contributed by atoms with van der Waals surface area (Å²) >= 11 is 0. The van der Waals surface area contributed by atoms with E-state index in [4.69, 9.17) is 23.9 Å². The summed E-state index contributed by atoms with van der Waals surface area (Å²) in [4.78, 5) is 14.6. The quantitative estimate of drug-likeness (QED) is 0.170. The van der Waals surface area contributed by atoms with Crippen molar-refractivity contribution in [3.8, 4) is 11.1 Å². The van der Waals surface area contributed by atoms with Crippen LogP contribution in [-0.2, 0) is 30.5 Å². The van der Waals surface area contributed by atoms with Crippen LogP contribution in [0.1, 0.15) is 5.56 Å². The molecular formula is C35H22N4O3Pt. The van der Waals surface area contributed by atoms with Gasteiger partial charge in [0.2, 0.25) is 0 Å². The zero-order chi connectivity index (χ0) is 27.8. The zero-order valence-electron chi connectivity index (χ0n) is 22.8. The van der Waals surface area contributed by atoms with Gasteiger partial charge in [-0.2, -0.15) is 0 Å². The van der Waals surface area contributed by atoms with Gasteiger partial charge < -0.3 is 18.8 Å². The van der Waals surface area contributed by atoms with Crippen molar-refractivity contribution in [1.29, 1.82) is 0 Å². The third kappa shape index (κ3) is 3.85. The molecule has 2 atom stereocenters. The molecule has 5 heterocycles. The van der Waals surface area contributed by atoms with Gasteiger partial charge in [-0.1, -0.05) is 65.1 Å². The molecule has 0 saturated carbocycles. The van der Waals surface area contributed by atoms with Crippen LogP contribution in [0.3, 0.4) is 0 Å². The largest absolute Gasteiger partial charge is 2.00 e. The molecule has 43 heavy (non-hydrogen) atoms. The molecule has 6 aromatic rings. The minimum absolute atomic E-state index is 0. The van der Waals surface area contributed by atoms with Gasteiger partial charge in [-0.3, -0.25) is 0 Å². The number of aliphatic imine (C=N–C) groups is 1. The predicted molar refractivity (Wildman–Crippen MR) is 163 cm³/mol. The number of anilines is 4. The van der Waals surface area contributed by atoms with Gasteiger partial charge in [-0.15, -0.1) is 47.5 Å². The minimum Gasteiger partial charge on any atom is -0.557 e. The van der Waals surface area contributed by atoms with E-state index in [0.29, 0.717) is 6.02 Å². The Morgan fingerprint density at radius 1 is 0.860 bits per heavy atom. The molecule has 0 fully saturated rings. The first-order valence-corrected chi connectivity index (χ1v) is 13.8. The van der Waals surface area contributed by atoms with Gasteiger partial charge in [0.15, 0.2) is 5.82 Å². The van der Waals surface area contributed by atoms with Crippen LogP contribution in [0, 0.1) is 12.3 Å². The van der Waals surface area contributed by atoms with Crippen LogP contribution < -0.4 is 9.80 Å². The van der Waals surface area contributed by atoms with E-state index in [2.05, 4.69) is 54.6 Å². The number of hydrogen-bond acceptors (Lipinski definition) is 7. The first kappa shape index (κ1) is 25.8. The summed E-state index contributed by atoms with van der Waals surface area (Å²) in [7, 11) is 2.06. The second kappa shape index (κ2) is 9.85. The van der Waals surface area contributed by atoms with Crippen molar-refractivity contribution in [2.45, 2.75) is 12.3 Å². The Hall–Kier alpha value is -4.87. The Kier molecular flexibility index (Phi) is 5.91. The molecule has 2 aromatic heterocycles. The molecule has 3 aliphatic rings. The number of para-hydroxylation sites is 4. The van der Waals surface area contributed by atoms with Gasteiger partial charge in [0, 0.05) is 24.4 Å². The van der Waals surface area contributed by atoms with Crippen LogP contribution in [0.15, 0.2) is 113 Å². The molecule has 0 amide bonds. The third-order valence-electron chi connectivity index (χ3n) is 8.14. The van der Waals surface area contributed by atoms with Crippen LogP contribution in [0.4, 0.5) is 22.9 Å². The molecule has 0 N–H and O–H groups in total. The van der Waals surface area contributed by atoms with Crippen LogP contribution in [-0.4, -0.2) is 30.4 Å². The number of benzene rings is 4. The molecule has 7 nitrogen and oxygen atoms in total. The number of amidine groups is 1. The maximum absolute atomic E-state index is 6.41. The van der Waals surface area contributed by atoms with Crippen molar-refractivity contribution in [2.24, 2.45) is 4.99 Å². The number of fused-ring (bicyclic) bond motifs is 5. The number of pyridine rings is 1. The monoisotopic (exact) mass is 741 g/mol. The molecule has 2 unspecified atom stereocenters. The number of ether oxygens (including phenoxy) is 2. The average Bonchev–Trinajstić information content (AvgIpc) is 3.76. The SMILES string of the molecule is CN1c2ccccc2N(C2=NC3C(c4[c-]cccc4)=COC3O2)c2nc3c(-c4[c-]oc5ccccc45)cccc3cc21.[Pt+2]. The van der Waals surface area contributed by atoms with Crippen LogP contribution in [0.25, 0.3) is 38.6 Å². The van der Waals surface area contributed by atoms with E-state index in [0.717, 1.165) is 67.0 Å². The second-order valence-electron chi connectivity index (χ2n) is 10.5. The first-order chi connectivity index (χ1) is 20.7. The molecule has 8 heteroatoms. The molecular weight excluding hydrogens is 719 g/mol. The third-order valence-corrected chi connectivity index (χ3v) is 8.14. The summed E-state index contributed by atoms with van der Waals surface area (Å²) in [6.45, 7) is 0. The fourth-order valence-corrected chi connectivity index (χ4v) is 6.10. The number of aromatic nitrogens is 1. The van der Waals surface area contributed by atoms with E-state index in [-0.39, 0.29) is 27.1 Å². The number of rotatable bonds is 2. The van der Waals surface area contributed by atoms with Crippen LogP contribution >= 0.6 is 0 Å². The van der Waals surface area contributed by atoms with Gasteiger partial charge in [0.25, 0.3) is 6.29 Å². The van der Waals surface area contributed by atoms with Crippen molar-refractivity contribution in [1.82, 2.24) is 4.98 Å². The van der Waals surface area contributed by atoms with Gasteiger partial charge in [0.1, 0.15) is 6.04 Å². The predicted octanol–water partition coefficient (Wildman–Crippen LogP) is 7.62. The number of nitrogens with zero attached hydrogens (tertiary/aromatic N) is 4. The molecule has 0 radical (unpaired) electrons. The Balaban J connectivity index is 0.00000278. The smallest absolute Gasteiger partial charge is 0.557 e. The standard InChI is InChI=1S/C35H22N4O3.Pt/c1-38-27-15-6-7-16-28(27)39(35-37-32-25(19-41-34(32)42-35)21-10-3-2-4-11-21)33-29(38)18-22-12-9-14-24(31(22)36-33)26-20-40-30-17-8-5-13-23(26)30;/h2-10,12-19,32,34H,1H3;/q-2;+2. The Morgan fingerprint density at radius 3 is 2.58 bits per heavy atom. The molecule has 0 aliphatic carbocycles. The Labute approximate surface area is 261 Å². The van der Waals surface area contributed by atoms with Gasteiger partial charge in [0.05, 0.1) is 23.3 Å². The van der Waals surface area contributed by atoms with Gasteiger partial charge in [-0.05, 0) is 23.6 Å². The summed E-state index contributed by atoms with van der Waals surface area (Å²) in [5, 5.41) is 2.00. The first-order valence-electron chi connectivity index (χ1n) is 13.8. The summed E-state index contributed by atoms with van der Waals surface area (Å²) in [6, 6.07) is 35.8. The fraction of sp³-hybridized carbons (Fsp3) is 0.0857. The Bertz CT molecular complexity index is 2110. The maximum Gasteiger partial charge on any atom is 2.00 e. The molecule has 4 aromatic carbocycles. The van der Waals surface area contributed by atoms with Crippen molar-refractivity contribution in [3.05, 3.63) is 121 Å². The summed E-state index contributed by atoms with van der Waals surface area (Å²) < 4.78 is 18.1. The van der Waals surface area contributed by atoms with Crippen molar-refractivity contribution in [3.63, 3.8) is 0 Å². The summed E-state index contributed by atoms with van der Waals surface area (Å²) in [6.07, 6.45) is 4.31. The number of hydrogen-bond donors (Lipinski definition) is 0. The van der Waals surface area contributed by atoms with Crippen LogP contribution in [0.2, 0.25) is 0 Å². The number of furan rings is 1. The van der Waals surface area contributed by atoms with E-state index >= 15 is 0 Å². The van der Waals surface area contributed by atoms with E-state index in [1.165, 1.54) is 0 Å². The average molecular weight is 742 g/mol. The maximum atomic E-state index is 6.41. The molecule has 210 valence electrons. The fourth-order valence-electron chi connectivity index (χ4n) is 6.10.